The smallest absolute Gasteiger partial charge is 0.338 e. The minimum atomic E-state index is -0.398. The second kappa shape index (κ2) is 9.56. The zero-order chi connectivity index (χ0) is 18.9. The minimum Gasteiger partial charge on any atom is -0.484 e. The highest BCUT2D eigenvalue weighted by atomic mass is 19.1. The SMILES string of the molecule is CC(C)OC(=O)c1ccc(OCC(=O)NCCc2ccc(F)cc2)cc1. The van der Waals surface area contributed by atoms with Crippen LogP contribution in [0.3, 0.4) is 0 Å². The van der Waals surface area contributed by atoms with Crippen molar-refractivity contribution in [1.82, 2.24) is 5.32 Å². The summed E-state index contributed by atoms with van der Waals surface area (Å²) in [4.78, 5) is 23.5. The molecule has 0 aliphatic rings. The van der Waals surface area contributed by atoms with Gasteiger partial charge >= 0.3 is 5.97 Å². The first-order valence-electron chi connectivity index (χ1n) is 8.39. The van der Waals surface area contributed by atoms with Crippen LogP contribution in [0.4, 0.5) is 4.39 Å². The first-order valence-corrected chi connectivity index (χ1v) is 8.39. The summed E-state index contributed by atoms with van der Waals surface area (Å²) in [6.45, 7) is 3.88. The fourth-order valence-electron chi connectivity index (χ4n) is 2.17. The lowest BCUT2D eigenvalue weighted by Gasteiger charge is -2.09. The standard InChI is InChI=1S/C20H22FNO4/c1-14(2)26-20(24)16-5-9-18(10-6-16)25-13-19(23)22-12-11-15-3-7-17(21)8-4-15/h3-10,14H,11-13H2,1-2H3,(H,22,23). The van der Waals surface area contributed by atoms with Gasteiger partial charge in [-0.3, -0.25) is 4.79 Å². The van der Waals surface area contributed by atoms with Crippen molar-refractivity contribution in [2.24, 2.45) is 0 Å². The number of halogens is 1. The molecule has 0 aromatic heterocycles. The number of hydrogen-bond donors (Lipinski definition) is 1. The average molecular weight is 359 g/mol. The van der Waals surface area contributed by atoms with E-state index in [0.29, 0.717) is 24.3 Å². The number of hydrogen-bond acceptors (Lipinski definition) is 4. The molecule has 1 amide bonds. The predicted molar refractivity (Wildman–Crippen MR) is 95.6 cm³/mol. The van der Waals surface area contributed by atoms with Crippen molar-refractivity contribution in [3.05, 3.63) is 65.5 Å². The van der Waals surface area contributed by atoms with Gasteiger partial charge in [0.15, 0.2) is 6.61 Å². The molecule has 138 valence electrons. The van der Waals surface area contributed by atoms with Crippen molar-refractivity contribution < 1.29 is 23.5 Å². The Morgan fingerprint density at radius 2 is 1.69 bits per heavy atom. The number of benzene rings is 2. The molecule has 0 saturated carbocycles. The van der Waals surface area contributed by atoms with E-state index in [1.54, 1.807) is 50.2 Å². The Kier molecular flexibility index (Phi) is 7.14. The molecule has 0 heterocycles. The van der Waals surface area contributed by atoms with Crippen molar-refractivity contribution in [2.75, 3.05) is 13.2 Å². The third-order valence-corrected chi connectivity index (χ3v) is 3.45. The molecule has 0 atom stereocenters. The van der Waals surface area contributed by atoms with Gasteiger partial charge in [-0.15, -0.1) is 0 Å². The average Bonchev–Trinajstić information content (AvgIpc) is 2.61. The van der Waals surface area contributed by atoms with Crippen LogP contribution in [0.1, 0.15) is 29.8 Å². The van der Waals surface area contributed by atoms with Crippen LogP contribution in [-0.4, -0.2) is 31.1 Å². The molecule has 0 radical (unpaired) electrons. The second-order valence-electron chi connectivity index (χ2n) is 5.99. The van der Waals surface area contributed by atoms with E-state index in [4.69, 9.17) is 9.47 Å². The Labute approximate surface area is 152 Å². The molecule has 2 aromatic carbocycles. The molecule has 0 spiro atoms. The Hall–Kier alpha value is -2.89. The van der Waals surface area contributed by atoms with Crippen molar-refractivity contribution in [1.29, 1.82) is 0 Å². The monoisotopic (exact) mass is 359 g/mol. The van der Waals surface area contributed by atoms with E-state index in [0.717, 1.165) is 5.56 Å². The van der Waals surface area contributed by atoms with Crippen molar-refractivity contribution in [3.8, 4) is 5.75 Å². The number of nitrogens with one attached hydrogen (secondary N) is 1. The van der Waals surface area contributed by atoms with Gasteiger partial charge in [-0.2, -0.15) is 0 Å². The highest BCUT2D eigenvalue weighted by molar-refractivity contribution is 5.89. The lowest BCUT2D eigenvalue weighted by Crippen LogP contribution is -2.30. The summed E-state index contributed by atoms with van der Waals surface area (Å²) < 4.78 is 23.3. The highest BCUT2D eigenvalue weighted by Gasteiger charge is 2.09. The second-order valence-corrected chi connectivity index (χ2v) is 5.99. The Balaban J connectivity index is 1.71. The van der Waals surface area contributed by atoms with Crippen LogP contribution in [-0.2, 0) is 16.0 Å². The maximum Gasteiger partial charge on any atom is 0.338 e. The Morgan fingerprint density at radius 3 is 2.31 bits per heavy atom. The molecule has 26 heavy (non-hydrogen) atoms. The van der Waals surface area contributed by atoms with Gasteiger partial charge in [-0.25, -0.2) is 9.18 Å². The van der Waals surface area contributed by atoms with Gasteiger partial charge in [-0.1, -0.05) is 12.1 Å². The van der Waals surface area contributed by atoms with Crippen molar-refractivity contribution in [2.45, 2.75) is 26.4 Å². The topological polar surface area (TPSA) is 64.6 Å². The molecule has 0 bridgehead atoms. The van der Waals surface area contributed by atoms with Crippen LogP contribution in [0.5, 0.6) is 5.75 Å². The third kappa shape index (κ3) is 6.55. The Morgan fingerprint density at radius 1 is 1.04 bits per heavy atom. The minimum absolute atomic E-state index is 0.126. The van der Waals surface area contributed by atoms with E-state index in [2.05, 4.69) is 5.32 Å². The number of carbonyl (C=O) groups excluding carboxylic acids is 2. The number of amides is 1. The normalized spacial score (nSPS) is 10.5. The first-order chi connectivity index (χ1) is 12.4. The number of rotatable bonds is 8. The zero-order valence-electron chi connectivity index (χ0n) is 14.8. The van der Waals surface area contributed by atoms with E-state index < -0.39 is 5.97 Å². The molecule has 0 aliphatic heterocycles. The molecular formula is C20H22FNO4. The summed E-state index contributed by atoms with van der Waals surface area (Å²) >= 11 is 0. The summed E-state index contributed by atoms with van der Waals surface area (Å²) in [5.41, 5.74) is 1.37. The van der Waals surface area contributed by atoms with Crippen LogP contribution in [0, 0.1) is 5.82 Å². The maximum absolute atomic E-state index is 12.8. The van der Waals surface area contributed by atoms with E-state index in [1.807, 2.05) is 0 Å². The zero-order valence-corrected chi connectivity index (χ0v) is 14.8. The van der Waals surface area contributed by atoms with Gasteiger partial charge in [0.25, 0.3) is 5.91 Å². The van der Waals surface area contributed by atoms with Gasteiger partial charge in [0.2, 0.25) is 0 Å². The first kappa shape index (κ1) is 19.4. The van der Waals surface area contributed by atoms with Gasteiger partial charge in [0.05, 0.1) is 11.7 Å². The molecule has 5 nitrogen and oxygen atoms in total. The molecule has 0 saturated heterocycles. The fraction of sp³-hybridized carbons (Fsp3) is 0.300. The van der Waals surface area contributed by atoms with Gasteiger partial charge in [0.1, 0.15) is 11.6 Å². The fourth-order valence-corrected chi connectivity index (χ4v) is 2.17. The molecule has 1 N–H and O–H groups in total. The van der Waals surface area contributed by atoms with Crippen LogP contribution in [0.25, 0.3) is 0 Å². The summed E-state index contributed by atoms with van der Waals surface area (Å²) in [6.07, 6.45) is 0.426. The summed E-state index contributed by atoms with van der Waals surface area (Å²) in [6, 6.07) is 12.6. The van der Waals surface area contributed by atoms with E-state index in [-0.39, 0.29) is 24.4 Å². The third-order valence-electron chi connectivity index (χ3n) is 3.45. The summed E-state index contributed by atoms with van der Waals surface area (Å²) in [5, 5.41) is 2.74. The summed E-state index contributed by atoms with van der Waals surface area (Å²) in [7, 11) is 0. The number of carbonyl (C=O) groups is 2. The lowest BCUT2D eigenvalue weighted by molar-refractivity contribution is -0.123. The quantitative estimate of drug-likeness (QED) is 0.736. The predicted octanol–water partition coefficient (Wildman–Crippen LogP) is 3.13. The molecule has 0 aliphatic carbocycles. The molecule has 0 unspecified atom stereocenters. The molecule has 2 rings (SSSR count). The Bertz CT molecular complexity index is 726. The molecule has 2 aromatic rings. The lowest BCUT2D eigenvalue weighted by atomic mass is 10.1. The van der Waals surface area contributed by atoms with Crippen molar-refractivity contribution >= 4 is 11.9 Å². The van der Waals surface area contributed by atoms with E-state index in [9.17, 15) is 14.0 Å². The highest BCUT2D eigenvalue weighted by Crippen LogP contribution is 2.13. The summed E-state index contributed by atoms with van der Waals surface area (Å²) in [5.74, 6) is -0.449. The van der Waals surface area contributed by atoms with E-state index in [1.165, 1.54) is 12.1 Å². The molecular weight excluding hydrogens is 337 g/mol. The van der Waals surface area contributed by atoms with Crippen molar-refractivity contribution in [3.63, 3.8) is 0 Å². The van der Waals surface area contributed by atoms with E-state index >= 15 is 0 Å². The largest absolute Gasteiger partial charge is 0.484 e. The number of ether oxygens (including phenoxy) is 2. The van der Waals surface area contributed by atoms with Crippen LogP contribution in [0.2, 0.25) is 0 Å². The maximum atomic E-state index is 12.8. The van der Waals surface area contributed by atoms with Gasteiger partial charge < -0.3 is 14.8 Å². The van der Waals surface area contributed by atoms with Crippen LogP contribution in [0.15, 0.2) is 48.5 Å². The van der Waals surface area contributed by atoms with Gasteiger partial charge in [0, 0.05) is 6.54 Å². The number of esters is 1. The molecule has 6 heteroatoms. The molecule has 0 fully saturated rings. The van der Waals surface area contributed by atoms with Crippen LogP contribution < -0.4 is 10.1 Å². The van der Waals surface area contributed by atoms with Crippen LogP contribution >= 0.6 is 0 Å². The van der Waals surface area contributed by atoms with Gasteiger partial charge in [-0.05, 0) is 62.2 Å².